The second-order valence-corrected chi connectivity index (χ2v) is 8.15. The van der Waals surface area contributed by atoms with Crippen LogP contribution in [0.25, 0.3) is 0 Å². The van der Waals surface area contributed by atoms with Gasteiger partial charge in [-0.3, -0.25) is 4.79 Å². The minimum absolute atomic E-state index is 0.163. The van der Waals surface area contributed by atoms with E-state index in [9.17, 15) is 13.2 Å². The van der Waals surface area contributed by atoms with Gasteiger partial charge in [0.15, 0.2) is 0 Å². The summed E-state index contributed by atoms with van der Waals surface area (Å²) in [5.41, 5.74) is 3.81. The Morgan fingerprint density at radius 1 is 1.08 bits per heavy atom. The van der Waals surface area contributed by atoms with E-state index in [0.717, 1.165) is 30.4 Å². The van der Waals surface area contributed by atoms with Crippen molar-refractivity contribution in [2.75, 3.05) is 5.32 Å². The third kappa shape index (κ3) is 4.08. The Labute approximate surface area is 148 Å². The van der Waals surface area contributed by atoms with Crippen molar-refractivity contribution in [1.29, 1.82) is 0 Å². The lowest BCUT2D eigenvalue weighted by Crippen LogP contribution is -2.27. The van der Waals surface area contributed by atoms with Gasteiger partial charge in [-0.05, 0) is 67.1 Å². The molecule has 3 rings (SSSR count). The molecule has 132 valence electrons. The van der Waals surface area contributed by atoms with Gasteiger partial charge in [-0.2, -0.15) is 0 Å². The van der Waals surface area contributed by atoms with E-state index in [0.29, 0.717) is 10.6 Å². The molecule has 0 spiro atoms. The maximum Gasteiger partial charge on any atom is 0.241 e. The molecule has 2 aromatic carbocycles. The molecule has 1 amide bonds. The first-order valence-electron chi connectivity index (χ1n) is 8.37. The van der Waals surface area contributed by atoms with Gasteiger partial charge in [0.2, 0.25) is 15.9 Å². The molecule has 1 aliphatic rings. The van der Waals surface area contributed by atoms with Crippen LogP contribution >= 0.6 is 0 Å². The number of aryl methyl sites for hydroxylation is 2. The lowest BCUT2D eigenvalue weighted by molar-refractivity contribution is -0.114. The van der Waals surface area contributed by atoms with Gasteiger partial charge in [0, 0.05) is 18.7 Å². The van der Waals surface area contributed by atoms with Crippen LogP contribution < -0.4 is 10.0 Å². The molecule has 0 aromatic heterocycles. The maximum atomic E-state index is 12.7. The van der Waals surface area contributed by atoms with Gasteiger partial charge in [0.1, 0.15) is 0 Å². The Hall–Kier alpha value is -2.18. The molecule has 5 nitrogen and oxygen atoms in total. The zero-order valence-electron chi connectivity index (χ0n) is 14.4. The number of hydrogen-bond acceptors (Lipinski definition) is 3. The average molecular weight is 358 g/mol. The fourth-order valence-corrected chi connectivity index (χ4v) is 4.46. The standard InChI is InChI=1S/C19H22N2O3S/c1-13(16-6-4-8-18(11-16)20-14(2)22)21-25(23,24)19-10-9-15-5-3-7-17(15)12-19/h4,6,8-13,21H,3,5,7H2,1-2H3,(H,20,22). The molecule has 0 heterocycles. The topological polar surface area (TPSA) is 75.3 Å². The van der Waals surface area contributed by atoms with Crippen molar-refractivity contribution in [3.05, 3.63) is 59.2 Å². The summed E-state index contributed by atoms with van der Waals surface area (Å²) in [6.07, 6.45) is 3.04. The van der Waals surface area contributed by atoms with Crippen molar-refractivity contribution in [1.82, 2.24) is 4.72 Å². The molecular formula is C19H22N2O3S. The van der Waals surface area contributed by atoms with Gasteiger partial charge in [-0.15, -0.1) is 0 Å². The SMILES string of the molecule is CC(=O)Nc1cccc(C(C)NS(=O)(=O)c2ccc3c(c2)CCC3)c1. The molecule has 2 aromatic rings. The van der Waals surface area contributed by atoms with Crippen LogP contribution in [0.5, 0.6) is 0 Å². The Kier molecular flexibility index (Phi) is 4.92. The molecule has 0 saturated heterocycles. The van der Waals surface area contributed by atoms with Crippen LogP contribution in [0.4, 0.5) is 5.69 Å². The molecular weight excluding hydrogens is 336 g/mol. The summed E-state index contributed by atoms with van der Waals surface area (Å²) in [7, 11) is -3.60. The van der Waals surface area contributed by atoms with E-state index in [-0.39, 0.29) is 5.91 Å². The molecule has 1 unspecified atom stereocenters. The van der Waals surface area contributed by atoms with Crippen molar-refractivity contribution in [3.8, 4) is 0 Å². The molecule has 0 radical (unpaired) electrons. The number of anilines is 1. The first kappa shape index (κ1) is 17.6. The highest BCUT2D eigenvalue weighted by Gasteiger charge is 2.21. The first-order chi connectivity index (χ1) is 11.8. The normalized spacial score (nSPS) is 14.8. The van der Waals surface area contributed by atoms with Gasteiger partial charge >= 0.3 is 0 Å². The molecule has 2 N–H and O–H groups in total. The van der Waals surface area contributed by atoms with E-state index < -0.39 is 16.1 Å². The summed E-state index contributed by atoms with van der Waals surface area (Å²) in [4.78, 5) is 11.5. The highest BCUT2D eigenvalue weighted by Crippen LogP contribution is 2.26. The van der Waals surface area contributed by atoms with Crippen molar-refractivity contribution in [2.24, 2.45) is 0 Å². The van der Waals surface area contributed by atoms with Gasteiger partial charge in [-0.25, -0.2) is 13.1 Å². The Morgan fingerprint density at radius 3 is 2.60 bits per heavy atom. The minimum atomic E-state index is -3.60. The van der Waals surface area contributed by atoms with Crippen LogP contribution in [-0.4, -0.2) is 14.3 Å². The van der Waals surface area contributed by atoms with Crippen LogP contribution in [-0.2, 0) is 27.7 Å². The summed E-state index contributed by atoms with van der Waals surface area (Å²) < 4.78 is 28.1. The zero-order valence-corrected chi connectivity index (χ0v) is 15.2. The van der Waals surface area contributed by atoms with Crippen LogP contribution in [0, 0.1) is 0 Å². The number of benzene rings is 2. The Balaban J connectivity index is 1.79. The van der Waals surface area contributed by atoms with Gasteiger partial charge in [0.05, 0.1) is 4.90 Å². The van der Waals surface area contributed by atoms with Gasteiger partial charge in [-0.1, -0.05) is 18.2 Å². The summed E-state index contributed by atoms with van der Waals surface area (Å²) in [6, 6.07) is 12.1. The van der Waals surface area contributed by atoms with Gasteiger partial charge in [0.25, 0.3) is 0 Å². The number of fused-ring (bicyclic) bond motifs is 1. The van der Waals surface area contributed by atoms with E-state index in [1.165, 1.54) is 12.5 Å². The smallest absolute Gasteiger partial charge is 0.241 e. The van der Waals surface area contributed by atoms with Crippen molar-refractivity contribution in [3.63, 3.8) is 0 Å². The number of sulfonamides is 1. The van der Waals surface area contributed by atoms with Crippen LogP contribution in [0.2, 0.25) is 0 Å². The lowest BCUT2D eigenvalue weighted by atomic mass is 10.1. The summed E-state index contributed by atoms with van der Waals surface area (Å²) in [5.74, 6) is -0.163. The maximum absolute atomic E-state index is 12.7. The van der Waals surface area contributed by atoms with E-state index in [1.807, 2.05) is 12.1 Å². The molecule has 0 aliphatic heterocycles. The fraction of sp³-hybridized carbons (Fsp3) is 0.316. The summed E-state index contributed by atoms with van der Waals surface area (Å²) in [6.45, 7) is 3.23. The third-order valence-corrected chi connectivity index (χ3v) is 5.96. The fourth-order valence-electron chi connectivity index (χ4n) is 3.17. The Morgan fingerprint density at radius 2 is 1.84 bits per heavy atom. The summed E-state index contributed by atoms with van der Waals surface area (Å²) >= 11 is 0. The molecule has 25 heavy (non-hydrogen) atoms. The van der Waals surface area contributed by atoms with Crippen molar-refractivity contribution < 1.29 is 13.2 Å². The quantitative estimate of drug-likeness (QED) is 0.862. The predicted molar refractivity (Wildman–Crippen MR) is 97.9 cm³/mol. The number of nitrogens with one attached hydrogen (secondary N) is 2. The molecule has 1 atom stereocenters. The van der Waals surface area contributed by atoms with Gasteiger partial charge < -0.3 is 5.32 Å². The molecule has 0 saturated carbocycles. The first-order valence-corrected chi connectivity index (χ1v) is 9.85. The zero-order chi connectivity index (χ0) is 18.0. The predicted octanol–water partition coefficient (Wildman–Crippen LogP) is 3.17. The minimum Gasteiger partial charge on any atom is -0.326 e. The van der Waals surface area contributed by atoms with E-state index in [2.05, 4.69) is 10.0 Å². The van der Waals surface area contributed by atoms with Crippen LogP contribution in [0.15, 0.2) is 47.4 Å². The monoisotopic (exact) mass is 358 g/mol. The summed E-state index contributed by atoms with van der Waals surface area (Å²) in [5, 5.41) is 2.71. The molecule has 0 fully saturated rings. The molecule has 0 bridgehead atoms. The number of carbonyl (C=O) groups excluding carboxylic acids is 1. The highest BCUT2D eigenvalue weighted by atomic mass is 32.2. The van der Waals surface area contributed by atoms with E-state index in [4.69, 9.17) is 0 Å². The van der Waals surface area contributed by atoms with E-state index in [1.54, 1.807) is 37.3 Å². The van der Waals surface area contributed by atoms with E-state index >= 15 is 0 Å². The van der Waals surface area contributed by atoms with Crippen molar-refractivity contribution in [2.45, 2.75) is 44.0 Å². The largest absolute Gasteiger partial charge is 0.326 e. The third-order valence-electron chi connectivity index (χ3n) is 4.42. The number of amides is 1. The van der Waals surface area contributed by atoms with Crippen LogP contribution in [0.1, 0.15) is 43.0 Å². The van der Waals surface area contributed by atoms with Crippen LogP contribution in [0.3, 0.4) is 0 Å². The van der Waals surface area contributed by atoms with Crippen molar-refractivity contribution >= 4 is 21.6 Å². The number of carbonyl (C=O) groups is 1. The highest BCUT2D eigenvalue weighted by molar-refractivity contribution is 7.89. The number of hydrogen-bond donors (Lipinski definition) is 2. The second kappa shape index (κ2) is 6.98. The Bertz CT molecular complexity index is 907. The second-order valence-electron chi connectivity index (χ2n) is 6.43. The molecule has 1 aliphatic carbocycles. The molecule has 6 heteroatoms. The average Bonchev–Trinajstić information content (AvgIpc) is 3.01. The lowest BCUT2D eigenvalue weighted by Gasteiger charge is -2.16. The number of rotatable bonds is 5.